The second-order valence-electron chi connectivity index (χ2n) is 6.59. The minimum absolute atomic E-state index is 0.0382. The van der Waals surface area contributed by atoms with Gasteiger partial charge in [-0.05, 0) is 43.7 Å². The summed E-state index contributed by atoms with van der Waals surface area (Å²) < 4.78 is 0. The van der Waals surface area contributed by atoms with Gasteiger partial charge in [-0.3, -0.25) is 4.79 Å². The van der Waals surface area contributed by atoms with Crippen molar-refractivity contribution in [3.8, 4) is 0 Å². The van der Waals surface area contributed by atoms with Crippen LogP contribution in [0, 0.1) is 0 Å². The highest BCUT2D eigenvalue weighted by atomic mass is 35.5. The Morgan fingerprint density at radius 3 is 2.12 bits per heavy atom. The Kier molecular flexibility index (Phi) is 12.4. The number of aryl methyl sites for hydroxylation is 1. The van der Waals surface area contributed by atoms with Gasteiger partial charge >= 0.3 is 5.97 Å². The maximum Gasteiger partial charge on any atom is 0.321 e. The van der Waals surface area contributed by atoms with Crippen LogP contribution in [0.15, 0.2) is 24.3 Å². The van der Waals surface area contributed by atoms with Crippen molar-refractivity contribution in [2.45, 2.75) is 81.4 Å². The lowest BCUT2D eigenvalue weighted by Crippen LogP contribution is -2.14. The first-order valence-electron chi connectivity index (χ1n) is 9.25. The average Bonchev–Trinajstić information content (AvgIpc) is 2.59. The van der Waals surface area contributed by atoms with Crippen LogP contribution in [0.1, 0.15) is 69.8 Å². The number of halogens is 3. The highest BCUT2D eigenvalue weighted by Crippen LogP contribution is 2.20. The molecule has 0 spiro atoms. The lowest BCUT2D eigenvalue weighted by Gasteiger charge is -2.10. The summed E-state index contributed by atoms with van der Waals surface area (Å²) >= 11 is 18.1. The van der Waals surface area contributed by atoms with Crippen LogP contribution in [0.3, 0.4) is 0 Å². The second-order valence-corrected chi connectivity index (χ2v) is 8.14. The molecule has 25 heavy (non-hydrogen) atoms. The summed E-state index contributed by atoms with van der Waals surface area (Å²) in [5.74, 6) is -0.958. The first kappa shape index (κ1) is 22.6. The molecule has 142 valence electrons. The van der Waals surface area contributed by atoms with Crippen LogP contribution in [-0.2, 0) is 11.2 Å². The van der Waals surface area contributed by atoms with Crippen LogP contribution in [0.2, 0.25) is 5.02 Å². The average molecular weight is 408 g/mol. The number of aliphatic carboxylic acids is 1. The third-order valence-electron chi connectivity index (χ3n) is 4.42. The lowest BCUT2D eigenvalue weighted by molar-refractivity contribution is -0.136. The first-order chi connectivity index (χ1) is 12.0. The van der Waals surface area contributed by atoms with E-state index in [1.54, 1.807) is 0 Å². The molecule has 1 N–H and O–H groups in total. The number of unbranched alkanes of at least 4 members (excludes halogenated alkanes) is 6. The number of carboxylic acids is 1. The smallest absolute Gasteiger partial charge is 0.321 e. The van der Waals surface area contributed by atoms with E-state index in [-0.39, 0.29) is 5.38 Å². The van der Waals surface area contributed by atoms with Crippen LogP contribution in [0.5, 0.6) is 0 Å². The topological polar surface area (TPSA) is 37.3 Å². The number of hydrogen-bond donors (Lipinski definition) is 1. The maximum absolute atomic E-state index is 10.6. The summed E-state index contributed by atoms with van der Waals surface area (Å²) in [6, 6.07) is 8.07. The fraction of sp³-hybridized carbons (Fsp3) is 0.650. The quantitative estimate of drug-likeness (QED) is 0.264. The van der Waals surface area contributed by atoms with Crippen molar-refractivity contribution in [3.05, 3.63) is 34.9 Å². The highest BCUT2D eigenvalue weighted by molar-refractivity contribution is 6.31. The van der Waals surface area contributed by atoms with Gasteiger partial charge in [0.1, 0.15) is 5.38 Å². The molecule has 0 heterocycles. The molecule has 1 aromatic rings. The Bertz CT molecular complexity index is 494. The van der Waals surface area contributed by atoms with Crippen molar-refractivity contribution in [3.63, 3.8) is 0 Å². The largest absolute Gasteiger partial charge is 0.480 e. The number of carbonyl (C=O) groups is 1. The fourth-order valence-electron chi connectivity index (χ4n) is 2.86. The number of benzene rings is 1. The molecule has 2 atom stereocenters. The van der Waals surface area contributed by atoms with Crippen molar-refractivity contribution in [1.29, 1.82) is 0 Å². The molecule has 0 aliphatic rings. The van der Waals surface area contributed by atoms with E-state index in [1.807, 2.05) is 18.2 Å². The van der Waals surface area contributed by atoms with Crippen LogP contribution in [0.25, 0.3) is 0 Å². The molecular weight excluding hydrogens is 379 g/mol. The van der Waals surface area contributed by atoms with Crippen molar-refractivity contribution >= 4 is 40.8 Å². The monoisotopic (exact) mass is 406 g/mol. The molecule has 0 saturated heterocycles. The van der Waals surface area contributed by atoms with E-state index >= 15 is 0 Å². The number of hydrogen-bond acceptors (Lipinski definition) is 1. The third-order valence-corrected chi connectivity index (χ3v) is 5.63. The Hall–Kier alpha value is -0.440. The number of carboxylic acid groups (broad SMARTS) is 1. The van der Waals surface area contributed by atoms with Gasteiger partial charge in [0.15, 0.2) is 0 Å². The van der Waals surface area contributed by atoms with E-state index in [9.17, 15) is 4.79 Å². The normalized spacial score (nSPS) is 13.6. The molecule has 0 radical (unpaired) electrons. The lowest BCUT2D eigenvalue weighted by atomic mass is 10.0. The standard InChI is InChI=1S/C20H29Cl3O2/c21-17(14-15-19(23)20(24)25)12-7-5-3-1-2-4-6-10-16-11-8-9-13-18(16)22/h8-9,11,13,17,19H,1-7,10,12,14-15H2,(H,24,25). The Balaban J connectivity index is 1.92. The summed E-state index contributed by atoms with van der Waals surface area (Å²) in [6.45, 7) is 0. The van der Waals surface area contributed by atoms with Crippen LogP contribution in [-0.4, -0.2) is 21.8 Å². The molecule has 0 fully saturated rings. The molecule has 1 aromatic carbocycles. The zero-order chi connectivity index (χ0) is 18.5. The highest BCUT2D eigenvalue weighted by Gasteiger charge is 2.15. The van der Waals surface area contributed by atoms with Crippen LogP contribution < -0.4 is 0 Å². The molecule has 0 aliphatic carbocycles. The predicted octanol–water partition coefficient (Wildman–Crippen LogP) is 7.08. The van der Waals surface area contributed by atoms with Gasteiger partial charge in [0.25, 0.3) is 0 Å². The van der Waals surface area contributed by atoms with Crippen LogP contribution in [0.4, 0.5) is 0 Å². The summed E-state index contributed by atoms with van der Waals surface area (Å²) in [5.41, 5.74) is 1.25. The van der Waals surface area contributed by atoms with Crippen molar-refractivity contribution in [1.82, 2.24) is 0 Å². The second kappa shape index (κ2) is 13.7. The van der Waals surface area contributed by atoms with E-state index < -0.39 is 11.3 Å². The van der Waals surface area contributed by atoms with E-state index in [4.69, 9.17) is 39.9 Å². The number of alkyl halides is 2. The summed E-state index contributed by atoms with van der Waals surface area (Å²) in [6.07, 6.45) is 11.6. The third kappa shape index (κ3) is 11.0. The van der Waals surface area contributed by atoms with E-state index in [0.29, 0.717) is 12.8 Å². The molecule has 5 heteroatoms. The van der Waals surface area contributed by atoms with Crippen molar-refractivity contribution < 1.29 is 9.90 Å². The predicted molar refractivity (Wildman–Crippen MR) is 108 cm³/mol. The summed E-state index contributed by atoms with van der Waals surface area (Å²) in [7, 11) is 0. The van der Waals surface area contributed by atoms with E-state index in [2.05, 4.69) is 6.07 Å². The van der Waals surface area contributed by atoms with Gasteiger partial charge in [0.05, 0.1) is 0 Å². The minimum atomic E-state index is -0.958. The molecule has 0 aromatic heterocycles. The van der Waals surface area contributed by atoms with Crippen LogP contribution >= 0.6 is 34.8 Å². The molecule has 2 unspecified atom stereocenters. The van der Waals surface area contributed by atoms with Crippen molar-refractivity contribution in [2.75, 3.05) is 0 Å². The van der Waals surface area contributed by atoms with Gasteiger partial charge in [-0.15, -0.1) is 23.2 Å². The fourth-order valence-corrected chi connectivity index (χ4v) is 3.50. The van der Waals surface area contributed by atoms with Gasteiger partial charge in [-0.2, -0.15) is 0 Å². The zero-order valence-electron chi connectivity index (χ0n) is 14.7. The Morgan fingerprint density at radius 1 is 0.880 bits per heavy atom. The van der Waals surface area contributed by atoms with Gasteiger partial charge in [-0.25, -0.2) is 0 Å². The van der Waals surface area contributed by atoms with Gasteiger partial charge in [-0.1, -0.05) is 68.3 Å². The maximum atomic E-state index is 10.6. The molecular formula is C20H29Cl3O2. The Labute approximate surface area is 166 Å². The molecule has 1 rings (SSSR count). The SMILES string of the molecule is O=C(O)C(Cl)CCC(Cl)CCCCCCCCCc1ccccc1Cl. The number of rotatable bonds is 14. The van der Waals surface area contributed by atoms with Crippen molar-refractivity contribution in [2.24, 2.45) is 0 Å². The minimum Gasteiger partial charge on any atom is -0.480 e. The van der Waals surface area contributed by atoms with Gasteiger partial charge < -0.3 is 5.11 Å². The van der Waals surface area contributed by atoms with E-state index in [0.717, 1.165) is 24.3 Å². The summed E-state index contributed by atoms with van der Waals surface area (Å²) in [4.78, 5) is 10.6. The Morgan fingerprint density at radius 2 is 1.48 bits per heavy atom. The summed E-state index contributed by atoms with van der Waals surface area (Å²) in [5, 5.41) is 8.83. The van der Waals surface area contributed by atoms with E-state index in [1.165, 1.54) is 44.1 Å². The zero-order valence-corrected chi connectivity index (χ0v) is 17.0. The molecule has 0 aliphatic heterocycles. The first-order valence-corrected chi connectivity index (χ1v) is 10.5. The molecule has 0 saturated carbocycles. The molecule has 0 amide bonds. The molecule has 0 bridgehead atoms. The van der Waals surface area contributed by atoms with Gasteiger partial charge in [0, 0.05) is 10.4 Å². The molecule has 2 nitrogen and oxygen atoms in total. The van der Waals surface area contributed by atoms with Gasteiger partial charge in [0.2, 0.25) is 0 Å².